The van der Waals surface area contributed by atoms with Gasteiger partial charge in [0.1, 0.15) is 5.69 Å². The predicted molar refractivity (Wildman–Crippen MR) is 83.9 cm³/mol. The third-order valence-electron chi connectivity index (χ3n) is 2.69. The SMILES string of the molecule is C#Cc1nc(C=C)ncc1Sc1cn(C)cc1N(C)C. The largest absolute Gasteiger partial charge is 0.376 e. The van der Waals surface area contributed by atoms with Gasteiger partial charge in [-0.2, -0.15) is 0 Å². The third kappa shape index (κ3) is 2.86. The topological polar surface area (TPSA) is 34.0 Å². The Morgan fingerprint density at radius 3 is 2.75 bits per heavy atom. The van der Waals surface area contributed by atoms with Crippen LogP contribution in [0.1, 0.15) is 11.5 Å². The fraction of sp³-hybridized carbons (Fsp3) is 0.200. The van der Waals surface area contributed by atoms with E-state index in [2.05, 4.69) is 39.8 Å². The monoisotopic (exact) mass is 284 g/mol. The zero-order valence-electron chi connectivity index (χ0n) is 11.8. The molecule has 2 aromatic rings. The van der Waals surface area contributed by atoms with Crippen LogP contribution in [0.2, 0.25) is 0 Å². The zero-order valence-corrected chi connectivity index (χ0v) is 12.6. The Labute approximate surface area is 123 Å². The van der Waals surface area contributed by atoms with Crippen molar-refractivity contribution >= 4 is 23.5 Å². The van der Waals surface area contributed by atoms with Crippen molar-refractivity contribution < 1.29 is 0 Å². The normalized spacial score (nSPS) is 10.1. The van der Waals surface area contributed by atoms with Crippen LogP contribution in [0, 0.1) is 12.3 Å². The van der Waals surface area contributed by atoms with E-state index in [-0.39, 0.29) is 0 Å². The Hall–Kier alpha value is -2.19. The molecule has 0 fully saturated rings. The van der Waals surface area contributed by atoms with E-state index in [1.54, 1.807) is 24.0 Å². The van der Waals surface area contributed by atoms with Crippen molar-refractivity contribution in [3.8, 4) is 12.3 Å². The highest BCUT2D eigenvalue weighted by Crippen LogP contribution is 2.36. The summed E-state index contributed by atoms with van der Waals surface area (Å²) in [6.07, 6.45) is 13.0. The second kappa shape index (κ2) is 5.85. The minimum absolute atomic E-state index is 0.545. The highest BCUT2D eigenvalue weighted by atomic mass is 32.2. The van der Waals surface area contributed by atoms with Crippen molar-refractivity contribution in [1.29, 1.82) is 0 Å². The van der Waals surface area contributed by atoms with E-state index in [9.17, 15) is 0 Å². The van der Waals surface area contributed by atoms with Gasteiger partial charge in [-0.25, -0.2) is 9.97 Å². The van der Waals surface area contributed by atoms with Crippen molar-refractivity contribution in [3.05, 3.63) is 36.7 Å². The Kier molecular flexibility index (Phi) is 4.16. The van der Waals surface area contributed by atoms with Crippen LogP contribution in [0.4, 0.5) is 5.69 Å². The van der Waals surface area contributed by atoms with Crippen LogP contribution in [-0.4, -0.2) is 28.6 Å². The number of hydrogen-bond donors (Lipinski definition) is 0. The molecule has 0 radical (unpaired) electrons. The van der Waals surface area contributed by atoms with Gasteiger partial charge < -0.3 is 9.47 Å². The van der Waals surface area contributed by atoms with Crippen molar-refractivity contribution in [2.45, 2.75) is 9.79 Å². The number of rotatable bonds is 4. The Bertz CT molecular complexity index is 680. The molecule has 0 saturated carbocycles. The summed E-state index contributed by atoms with van der Waals surface area (Å²) in [6, 6.07) is 0. The van der Waals surface area contributed by atoms with Crippen LogP contribution >= 0.6 is 11.8 Å². The average Bonchev–Trinajstić information content (AvgIpc) is 2.80. The van der Waals surface area contributed by atoms with Crippen LogP contribution in [0.3, 0.4) is 0 Å². The lowest BCUT2D eigenvalue weighted by molar-refractivity contribution is 0.918. The molecule has 0 aliphatic carbocycles. The summed E-state index contributed by atoms with van der Waals surface area (Å²) in [4.78, 5) is 12.5. The fourth-order valence-electron chi connectivity index (χ4n) is 1.74. The quantitative estimate of drug-likeness (QED) is 0.808. The van der Waals surface area contributed by atoms with Gasteiger partial charge in [0, 0.05) is 39.7 Å². The number of nitrogens with zero attached hydrogens (tertiary/aromatic N) is 4. The van der Waals surface area contributed by atoms with E-state index in [1.165, 1.54) is 0 Å². The van der Waals surface area contributed by atoms with Crippen molar-refractivity contribution in [2.24, 2.45) is 7.05 Å². The molecule has 2 rings (SSSR count). The maximum atomic E-state index is 5.53. The Balaban J connectivity index is 2.40. The molecule has 0 unspecified atom stereocenters. The van der Waals surface area contributed by atoms with Crippen LogP contribution in [0.25, 0.3) is 6.08 Å². The minimum Gasteiger partial charge on any atom is -0.376 e. The second-order valence-electron chi connectivity index (χ2n) is 4.46. The number of aryl methyl sites for hydroxylation is 1. The molecular weight excluding hydrogens is 268 g/mol. The predicted octanol–water partition coefficient (Wildman–Crippen LogP) is 2.66. The molecule has 20 heavy (non-hydrogen) atoms. The average molecular weight is 284 g/mol. The summed E-state index contributed by atoms with van der Waals surface area (Å²) < 4.78 is 2.02. The van der Waals surface area contributed by atoms with Gasteiger partial charge in [0.05, 0.1) is 15.5 Å². The first-order valence-corrected chi connectivity index (χ1v) is 6.84. The maximum absolute atomic E-state index is 5.53. The van der Waals surface area contributed by atoms with Gasteiger partial charge in [-0.3, -0.25) is 0 Å². The maximum Gasteiger partial charge on any atom is 0.152 e. The van der Waals surface area contributed by atoms with Crippen LogP contribution < -0.4 is 4.90 Å². The summed E-state index contributed by atoms with van der Waals surface area (Å²) in [7, 11) is 6.02. The molecule has 0 spiro atoms. The number of anilines is 1. The summed E-state index contributed by atoms with van der Waals surface area (Å²) in [5.41, 5.74) is 1.72. The standard InChI is InChI=1S/C15H16N4S/c1-6-11-13(8-16-15(7-2)17-11)20-14-10-19(5)9-12(14)18(3)4/h1,7-10H,2H2,3-5H3. The first kappa shape index (κ1) is 14.2. The molecule has 0 aliphatic rings. The highest BCUT2D eigenvalue weighted by Gasteiger charge is 2.12. The van der Waals surface area contributed by atoms with E-state index in [1.807, 2.05) is 25.7 Å². The van der Waals surface area contributed by atoms with Gasteiger partial charge in [-0.15, -0.1) is 6.42 Å². The third-order valence-corrected chi connectivity index (χ3v) is 3.75. The summed E-state index contributed by atoms with van der Waals surface area (Å²) in [5, 5.41) is 0. The summed E-state index contributed by atoms with van der Waals surface area (Å²) in [6.45, 7) is 3.65. The second-order valence-corrected chi connectivity index (χ2v) is 5.54. The molecule has 2 aromatic heterocycles. The van der Waals surface area contributed by atoms with E-state index < -0.39 is 0 Å². The van der Waals surface area contributed by atoms with Gasteiger partial charge in [0.2, 0.25) is 0 Å². The fourth-order valence-corrected chi connectivity index (χ4v) is 2.84. The van der Waals surface area contributed by atoms with E-state index in [0.717, 1.165) is 15.5 Å². The molecule has 0 aromatic carbocycles. The van der Waals surface area contributed by atoms with Crippen molar-refractivity contribution in [1.82, 2.24) is 14.5 Å². The number of terminal acetylenes is 1. The van der Waals surface area contributed by atoms with Gasteiger partial charge in [-0.1, -0.05) is 18.3 Å². The molecule has 102 valence electrons. The van der Waals surface area contributed by atoms with Gasteiger partial charge >= 0.3 is 0 Å². The lowest BCUT2D eigenvalue weighted by Gasteiger charge is -2.12. The molecule has 0 aliphatic heterocycles. The number of hydrogen-bond acceptors (Lipinski definition) is 4. The van der Waals surface area contributed by atoms with E-state index in [4.69, 9.17) is 6.42 Å². The Morgan fingerprint density at radius 1 is 1.40 bits per heavy atom. The van der Waals surface area contributed by atoms with Crippen molar-refractivity contribution in [3.63, 3.8) is 0 Å². The van der Waals surface area contributed by atoms with Crippen LogP contribution in [0.15, 0.2) is 35.0 Å². The van der Waals surface area contributed by atoms with Gasteiger partial charge in [-0.05, 0) is 12.0 Å². The number of aromatic nitrogens is 3. The van der Waals surface area contributed by atoms with Crippen LogP contribution in [-0.2, 0) is 7.05 Å². The van der Waals surface area contributed by atoms with Crippen molar-refractivity contribution in [2.75, 3.05) is 19.0 Å². The molecular formula is C15H16N4S. The minimum atomic E-state index is 0.545. The Morgan fingerprint density at radius 2 is 2.15 bits per heavy atom. The molecule has 0 atom stereocenters. The lowest BCUT2D eigenvalue weighted by atomic mass is 10.4. The molecule has 4 nitrogen and oxygen atoms in total. The van der Waals surface area contributed by atoms with Gasteiger partial charge in [0.15, 0.2) is 5.82 Å². The molecule has 0 amide bonds. The first-order chi connectivity index (χ1) is 9.55. The molecule has 0 bridgehead atoms. The highest BCUT2D eigenvalue weighted by molar-refractivity contribution is 7.99. The van der Waals surface area contributed by atoms with Crippen LogP contribution in [0.5, 0.6) is 0 Å². The zero-order chi connectivity index (χ0) is 14.7. The van der Waals surface area contributed by atoms with E-state index in [0.29, 0.717) is 11.5 Å². The lowest BCUT2D eigenvalue weighted by Crippen LogP contribution is -2.08. The smallest absolute Gasteiger partial charge is 0.152 e. The molecule has 0 N–H and O–H groups in total. The van der Waals surface area contributed by atoms with E-state index >= 15 is 0 Å². The summed E-state index contributed by atoms with van der Waals surface area (Å²) >= 11 is 1.57. The first-order valence-electron chi connectivity index (χ1n) is 6.02. The molecule has 5 heteroatoms. The van der Waals surface area contributed by atoms with Gasteiger partial charge in [0.25, 0.3) is 0 Å². The molecule has 0 saturated heterocycles. The summed E-state index contributed by atoms with van der Waals surface area (Å²) in [5.74, 6) is 3.15. The molecule has 2 heterocycles.